The van der Waals surface area contributed by atoms with Gasteiger partial charge in [0.2, 0.25) is 0 Å². The lowest BCUT2D eigenvalue weighted by molar-refractivity contribution is 0.0698. The summed E-state index contributed by atoms with van der Waals surface area (Å²) in [7, 11) is 1.50. The van der Waals surface area contributed by atoms with E-state index in [-0.39, 0.29) is 4.88 Å². The van der Waals surface area contributed by atoms with E-state index in [2.05, 4.69) is 16.4 Å². The van der Waals surface area contributed by atoms with Crippen molar-refractivity contribution in [1.82, 2.24) is 9.55 Å². The molecule has 174 valence electrons. The van der Waals surface area contributed by atoms with Crippen molar-refractivity contribution in [1.29, 1.82) is 5.26 Å². The van der Waals surface area contributed by atoms with Crippen LogP contribution in [0.1, 0.15) is 22.3 Å². The minimum atomic E-state index is -1.05. The molecule has 3 aromatic heterocycles. The molecule has 1 aromatic carbocycles. The quantitative estimate of drug-likeness (QED) is 0.347. The molecular weight excluding hydrogens is 459 g/mol. The topological polar surface area (TPSA) is 109 Å². The Morgan fingerprint density at radius 1 is 1.29 bits per heavy atom. The first-order valence-electron chi connectivity index (χ1n) is 10.4. The number of rotatable bonds is 9. The van der Waals surface area contributed by atoms with E-state index in [1.165, 1.54) is 19.2 Å². The number of halogens is 1. The van der Waals surface area contributed by atoms with Crippen LogP contribution in [0, 0.1) is 17.1 Å². The van der Waals surface area contributed by atoms with Crippen LogP contribution in [-0.2, 0) is 6.54 Å². The number of carboxylic acid groups (broad SMARTS) is 1. The molecule has 0 atom stereocenters. The Balaban J connectivity index is 1.55. The van der Waals surface area contributed by atoms with Crippen molar-refractivity contribution in [3.05, 3.63) is 59.0 Å². The lowest BCUT2D eigenvalue weighted by Crippen LogP contribution is -2.12. The van der Waals surface area contributed by atoms with Crippen molar-refractivity contribution in [2.24, 2.45) is 0 Å². The average molecular weight is 481 g/mol. The summed E-state index contributed by atoms with van der Waals surface area (Å²) in [5.74, 6) is -0.664. The molecule has 8 nitrogen and oxygen atoms in total. The van der Waals surface area contributed by atoms with Gasteiger partial charge in [-0.15, -0.1) is 11.3 Å². The molecule has 0 fully saturated rings. The fourth-order valence-electron chi connectivity index (χ4n) is 3.71. The molecule has 0 aliphatic heterocycles. The Kier molecular flexibility index (Phi) is 6.65. The summed E-state index contributed by atoms with van der Waals surface area (Å²) < 4.78 is 26.9. The van der Waals surface area contributed by atoms with E-state index in [0.717, 1.165) is 17.0 Å². The summed E-state index contributed by atoms with van der Waals surface area (Å²) in [6, 6.07) is 11.8. The number of fused-ring (bicyclic) bond motifs is 1. The highest BCUT2D eigenvalue weighted by atomic mass is 32.1. The molecule has 10 heteroatoms. The van der Waals surface area contributed by atoms with E-state index in [1.807, 2.05) is 0 Å². The number of nitriles is 1. The predicted octanol–water partition coefficient (Wildman–Crippen LogP) is 4.99. The number of pyridine rings is 1. The zero-order valence-corrected chi connectivity index (χ0v) is 19.3. The third kappa shape index (κ3) is 4.38. The standard InChI is InChI=1S/C24H21FN4O4S/c1-3-33-20-12-21(34-23(20)24(30)31)18-10-14(6-7-28-18)27-8-9-29-15(13-26)11-16-19(32-2)5-4-17(25)22(16)29/h4-7,10-12H,3,8-9H2,1-2H3,(H,27,28)(H,30,31). The van der Waals surface area contributed by atoms with E-state index in [4.69, 9.17) is 9.47 Å². The van der Waals surface area contributed by atoms with Crippen molar-refractivity contribution >= 4 is 33.9 Å². The Morgan fingerprint density at radius 3 is 2.82 bits per heavy atom. The van der Waals surface area contributed by atoms with E-state index < -0.39 is 11.8 Å². The fraction of sp³-hybridized carbons (Fsp3) is 0.208. The maximum Gasteiger partial charge on any atom is 0.349 e. The molecule has 0 unspecified atom stereocenters. The van der Waals surface area contributed by atoms with Gasteiger partial charge in [-0.1, -0.05) is 0 Å². The number of carboxylic acids is 1. The zero-order valence-electron chi connectivity index (χ0n) is 18.5. The van der Waals surface area contributed by atoms with Gasteiger partial charge in [0.25, 0.3) is 0 Å². The maximum atomic E-state index is 14.6. The Bertz CT molecular complexity index is 1410. The smallest absolute Gasteiger partial charge is 0.349 e. The van der Waals surface area contributed by atoms with Gasteiger partial charge in [0.05, 0.1) is 29.8 Å². The summed E-state index contributed by atoms with van der Waals surface area (Å²) in [5, 5.41) is 22.8. The van der Waals surface area contributed by atoms with E-state index in [0.29, 0.717) is 58.4 Å². The fourth-order valence-corrected chi connectivity index (χ4v) is 4.62. The minimum absolute atomic E-state index is 0.123. The van der Waals surface area contributed by atoms with Gasteiger partial charge in [0.1, 0.15) is 29.1 Å². The van der Waals surface area contributed by atoms with Crippen molar-refractivity contribution in [3.63, 3.8) is 0 Å². The van der Waals surface area contributed by atoms with Crippen molar-refractivity contribution in [2.75, 3.05) is 25.6 Å². The lowest BCUT2D eigenvalue weighted by Gasteiger charge is -2.11. The van der Waals surface area contributed by atoms with Crippen LogP contribution in [0.4, 0.5) is 10.1 Å². The molecule has 4 rings (SSSR count). The van der Waals surface area contributed by atoms with Crippen LogP contribution in [0.5, 0.6) is 11.5 Å². The van der Waals surface area contributed by atoms with E-state index in [9.17, 15) is 19.6 Å². The van der Waals surface area contributed by atoms with Crippen LogP contribution in [0.2, 0.25) is 0 Å². The SMILES string of the molecule is CCOc1cc(-c2cc(NCCn3c(C#N)cc4c(OC)ccc(F)c43)ccn2)sc1C(=O)O. The van der Waals surface area contributed by atoms with Crippen LogP contribution >= 0.6 is 11.3 Å². The van der Waals surface area contributed by atoms with Gasteiger partial charge in [-0.2, -0.15) is 5.26 Å². The highest BCUT2D eigenvalue weighted by molar-refractivity contribution is 7.17. The number of aromatic nitrogens is 2. The lowest BCUT2D eigenvalue weighted by atomic mass is 10.2. The second-order valence-electron chi connectivity index (χ2n) is 7.20. The average Bonchev–Trinajstić information content (AvgIpc) is 3.42. The molecule has 2 N–H and O–H groups in total. The van der Waals surface area contributed by atoms with Gasteiger partial charge in [-0.25, -0.2) is 9.18 Å². The van der Waals surface area contributed by atoms with Crippen LogP contribution in [0.3, 0.4) is 0 Å². The summed E-state index contributed by atoms with van der Waals surface area (Å²) in [5.41, 5.74) is 2.00. The van der Waals surface area contributed by atoms with Gasteiger partial charge >= 0.3 is 5.97 Å². The van der Waals surface area contributed by atoms with Crippen molar-refractivity contribution in [3.8, 4) is 28.1 Å². The Morgan fingerprint density at radius 2 is 2.12 bits per heavy atom. The molecule has 4 aromatic rings. The third-order valence-electron chi connectivity index (χ3n) is 5.17. The molecule has 34 heavy (non-hydrogen) atoms. The number of thiophene rings is 1. The Hall–Kier alpha value is -4.10. The van der Waals surface area contributed by atoms with Crippen LogP contribution < -0.4 is 14.8 Å². The van der Waals surface area contributed by atoms with Gasteiger partial charge in [-0.3, -0.25) is 4.98 Å². The van der Waals surface area contributed by atoms with Gasteiger partial charge in [0, 0.05) is 36.4 Å². The molecule has 3 heterocycles. The van der Waals surface area contributed by atoms with Crippen LogP contribution in [0.15, 0.2) is 42.6 Å². The number of hydrogen-bond donors (Lipinski definition) is 2. The maximum absolute atomic E-state index is 14.6. The number of anilines is 1. The summed E-state index contributed by atoms with van der Waals surface area (Å²) in [6.07, 6.45) is 1.62. The first-order valence-corrected chi connectivity index (χ1v) is 11.2. The second kappa shape index (κ2) is 9.80. The molecule has 0 saturated carbocycles. The number of benzene rings is 1. The van der Waals surface area contributed by atoms with Crippen LogP contribution in [0.25, 0.3) is 21.5 Å². The Labute approximate surface area is 198 Å². The highest BCUT2D eigenvalue weighted by Crippen LogP contribution is 2.36. The summed E-state index contributed by atoms with van der Waals surface area (Å²) in [4.78, 5) is 16.7. The van der Waals surface area contributed by atoms with Crippen molar-refractivity contribution in [2.45, 2.75) is 13.5 Å². The first-order chi connectivity index (χ1) is 16.5. The molecule has 0 spiro atoms. The van der Waals surface area contributed by atoms with Gasteiger partial charge in [-0.05, 0) is 37.3 Å². The number of carbonyl (C=O) groups is 1. The number of methoxy groups -OCH3 is 1. The monoisotopic (exact) mass is 480 g/mol. The number of ether oxygens (including phenoxy) is 2. The van der Waals surface area contributed by atoms with Crippen LogP contribution in [-0.4, -0.2) is 40.9 Å². The molecule has 0 radical (unpaired) electrons. The second-order valence-corrected chi connectivity index (χ2v) is 8.26. The molecule has 0 aliphatic rings. The minimum Gasteiger partial charge on any atom is -0.496 e. The normalized spacial score (nSPS) is 10.8. The van der Waals surface area contributed by atoms with Crippen molar-refractivity contribution < 1.29 is 23.8 Å². The molecule has 0 saturated heterocycles. The van der Waals surface area contributed by atoms with Gasteiger partial charge < -0.3 is 24.5 Å². The summed E-state index contributed by atoms with van der Waals surface area (Å²) >= 11 is 1.09. The van der Waals surface area contributed by atoms with Gasteiger partial charge in [0.15, 0.2) is 4.88 Å². The zero-order chi connectivity index (χ0) is 24.2. The third-order valence-corrected chi connectivity index (χ3v) is 6.30. The predicted molar refractivity (Wildman–Crippen MR) is 127 cm³/mol. The number of nitrogens with zero attached hydrogens (tertiary/aromatic N) is 3. The largest absolute Gasteiger partial charge is 0.496 e. The van der Waals surface area contributed by atoms with E-state index in [1.54, 1.807) is 42.0 Å². The molecular formula is C24H21FN4O4S. The number of hydrogen-bond acceptors (Lipinski definition) is 7. The number of nitrogens with one attached hydrogen (secondary N) is 1. The summed E-state index contributed by atoms with van der Waals surface area (Å²) in [6.45, 7) is 2.90. The molecule has 0 bridgehead atoms. The molecule has 0 amide bonds. The number of aromatic carboxylic acids is 1. The highest BCUT2D eigenvalue weighted by Gasteiger charge is 2.19. The molecule has 0 aliphatic carbocycles. The van der Waals surface area contributed by atoms with E-state index >= 15 is 0 Å². The first kappa shape index (κ1) is 23.1.